The van der Waals surface area contributed by atoms with Gasteiger partial charge in [-0.2, -0.15) is 0 Å². The molecule has 3 nitrogen and oxygen atoms in total. The lowest BCUT2D eigenvalue weighted by Crippen LogP contribution is -2.33. The van der Waals surface area contributed by atoms with E-state index in [1.807, 2.05) is 13.8 Å². The van der Waals surface area contributed by atoms with Crippen molar-refractivity contribution in [3.63, 3.8) is 0 Å². The van der Waals surface area contributed by atoms with Crippen molar-refractivity contribution in [2.75, 3.05) is 6.54 Å². The fourth-order valence-electron chi connectivity index (χ4n) is 1.28. The van der Waals surface area contributed by atoms with Gasteiger partial charge in [-0.25, -0.2) is 0 Å². The average Bonchev–Trinajstić information content (AvgIpc) is 2.68. The predicted molar refractivity (Wildman–Crippen MR) is 51.1 cm³/mol. The molecule has 0 saturated carbocycles. The SMILES string of the molecule is CCC(C)(CN)C(O)c1ccoc1. The lowest BCUT2D eigenvalue weighted by molar-refractivity contribution is 0.0387. The topological polar surface area (TPSA) is 59.4 Å². The van der Waals surface area contributed by atoms with Crippen LogP contribution >= 0.6 is 0 Å². The Labute approximate surface area is 78.5 Å². The summed E-state index contributed by atoms with van der Waals surface area (Å²) >= 11 is 0. The minimum atomic E-state index is -0.541. The zero-order valence-electron chi connectivity index (χ0n) is 8.16. The number of furan rings is 1. The lowest BCUT2D eigenvalue weighted by atomic mass is 9.79. The molecule has 0 bridgehead atoms. The summed E-state index contributed by atoms with van der Waals surface area (Å²) in [5.74, 6) is 0. The molecule has 0 aromatic carbocycles. The molecule has 74 valence electrons. The lowest BCUT2D eigenvalue weighted by Gasteiger charge is -2.31. The molecule has 1 aromatic heterocycles. The summed E-state index contributed by atoms with van der Waals surface area (Å²) in [6.45, 7) is 4.47. The first-order valence-corrected chi connectivity index (χ1v) is 4.54. The molecule has 1 aromatic rings. The Morgan fingerprint density at radius 1 is 1.69 bits per heavy atom. The maximum absolute atomic E-state index is 9.99. The van der Waals surface area contributed by atoms with Crippen molar-refractivity contribution in [3.05, 3.63) is 24.2 Å². The molecule has 1 rings (SSSR count). The van der Waals surface area contributed by atoms with E-state index in [1.54, 1.807) is 18.6 Å². The van der Waals surface area contributed by atoms with Gasteiger partial charge in [0.1, 0.15) is 0 Å². The zero-order valence-corrected chi connectivity index (χ0v) is 8.16. The van der Waals surface area contributed by atoms with Gasteiger partial charge in [-0.1, -0.05) is 13.8 Å². The van der Waals surface area contributed by atoms with E-state index in [9.17, 15) is 5.11 Å². The Morgan fingerprint density at radius 3 is 2.77 bits per heavy atom. The van der Waals surface area contributed by atoms with E-state index >= 15 is 0 Å². The third-order valence-electron chi connectivity index (χ3n) is 2.79. The summed E-state index contributed by atoms with van der Waals surface area (Å²) in [5.41, 5.74) is 6.17. The summed E-state index contributed by atoms with van der Waals surface area (Å²) in [6.07, 6.45) is 3.43. The molecule has 3 heteroatoms. The molecule has 0 amide bonds. The van der Waals surface area contributed by atoms with Crippen molar-refractivity contribution < 1.29 is 9.52 Å². The fourth-order valence-corrected chi connectivity index (χ4v) is 1.28. The first-order valence-electron chi connectivity index (χ1n) is 4.54. The molecule has 0 aliphatic heterocycles. The maximum Gasteiger partial charge on any atom is 0.0960 e. The van der Waals surface area contributed by atoms with Crippen LogP contribution in [0, 0.1) is 5.41 Å². The van der Waals surface area contributed by atoms with Crippen molar-refractivity contribution in [2.24, 2.45) is 11.1 Å². The van der Waals surface area contributed by atoms with E-state index in [0.717, 1.165) is 12.0 Å². The number of aliphatic hydroxyl groups excluding tert-OH is 1. The van der Waals surface area contributed by atoms with Crippen LogP contribution in [0.15, 0.2) is 23.0 Å². The number of hydrogen-bond acceptors (Lipinski definition) is 3. The predicted octanol–water partition coefficient (Wildman–Crippen LogP) is 1.69. The number of aliphatic hydroxyl groups is 1. The van der Waals surface area contributed by atoms with Crippen molar-refractivity contribution >= 4 is 0 Å². The minimum absolute atomic E-state index is 0.260. The molecule has 3 N–H and O–H groups in total. The summed E-state index contributed by atoms with van der Waals surface area (Å²) in [4.78, 5) is 0. The van der Waals surface area contributed by atoms with Gasteiger partial charge in [-0.3, -0.25) is 0 Å². The van der Waals surface area contributed by atoms with Gasteiger partial charge in [0, 0.05) is 17.5 Å². The highest BCUT2D eigenvalue weighted by Crippen LogP contribution is 2.35. The van der Waals surface area contributed by atoms with E-state index in [4.69, 9.17) is 10.2 Å². The van der Waals surface area contributed by atoms with E-state index in [-0.39, 0.29) is 5.41 Å². The molecule has 2 atom stereocenters. The van der Waals surface area contributed by atoms with E-state index < -0.39 is 6.10 Å². The molecular weight excluding hydrogens is 166 g/mol. The zero-order chi connectivity index (χ0) is 9.90. The molecule has 2 unspecified atom stereocenters. The number of rotatable bonds is 4. The highest BCUT2D eigenvalue weighted by atomic mass is 16.3. The highest BCUT2D eigenvalue weighted by Gasteiger charge is 2.31. The van der Waals surface area contributed by atoms with Crippen molar-refractivity contribution in [1.29, 1.82) is 0 Å². The molecule has 0 fully saturated rings. The molecule has 1 heterocycles. The van der Waals surface area contributed by atoms with E-state index in [1.165, 1.54) is 0 Å². The second-order valence-electron chi connectivity index (χ2n) is 3.67. The van der Waals surface area contributed by atoms with Crippen LogP contribution in [0.1, 0.15) is 31.9 Å². The second kappa shape index (κ2) is 3.94. The van der Waals surface area contributed by atoms with Gasteiger partial charge in [0.2, 0.25) is 0 Å². The molecular formula is C10H17NO2. The van der Waals surface area contributed by atoms with Crippen LogP contribution < -0.4 is 5.73 Å². The fraction of sp³-hybridized carbons (Fsp3) is 0.600. The molecule has 13 heavy (non-hydrogen) atoms. The van der Waals surface area contributed by atoms with E-state index in [0.29, 0.717) is 6.54 Å². The standard InChI is InChI=1S/C10H17NO2/c1-3-10(2,7-11)9(12)8-4-5-13-6-8/h4-6,9,12H,3,7,11H2,1-2H3. The van der Waals surface area contributed by atoms with E-state index in [2.05, 4.69) is 0 Å². The summed E-state index contributed by atoms with van der Waals surface area (Å²) in [7, 11) is 0. The van der Waals surface area contributed by atoms with Crippen LogP contribution in [0.4, 0.5) is 0 Å². The van der Waals surface area contributed by atoms with Gasteiger partial charge >= 0.3 is 0 Å². The first-order chi connectivity index (χ1) is 6.14. The van der Waals surface area contributed by atoms with Crippen LogP contribution in [-0.4, -0.2) is 11.7 Å². The molecule has 0 aliphatic carbocycles. The third kappa shape index (κ3) is 1.92. The molecule has 0 radical (unpaired) electrons. The second-order valence-corrected chi connectivity index (χ2v) is 3.67. The maximum atomic E-state index is 9.99. The van der Waals surface area contributed by atoms with Crippen LogP contribution in [0.5, 0.6) is 0 Å². The Morgan fingerprint density at radius 2 is 2.38 bits per heavy atom. The van der Waals surface area contributed by atoms with Gasteiger partial charge in [-0.15, -0.1) is 0 Å². The monoisotopic (exact) mass is 183 g/mol. The number of hydrogen-bond donors (Lipinski definition) is 2. The van der Waals surface area contributed by atoms with Crippen molar-refractivity contribution in [3.8, 4) is 0 Å². The van der Waals surface area contributed by atoms with Crippen LogP contribution in [0.2, 0.25) is 0 Å². The quantitative estimate of drug-likeness (QED) is 0.746. The minimum Gasteiger partial charge on any atom is -0.472 e. The Kier molecular flexibility index (Phi) is 3.12. The van der Waals surface area contributed by atoms with Gasteiger partial charge in [0.05, 0.1) is 18.6 Å². The molecule has 0 aliphatic rings. The first kappa shape index (κ1) is 10.3. The summed E-state index contributed by atoms with van der Waals surface area (Å²) in [5, 5.41) is 9.99. The average molecular weight is 183 g/mol. The van der Waals surface area contributed by atoms with Crippen molar-refractivity contribution in [2.45, 2.75) is 26.4 Å². The number of nitrogens with two attached hydrogens (primary N) is 1. The molecule has 0 saturated heterocycles. The van der Waals surface area contributed by atoms with Gasteiger partial charge < -0.3 is 15.3 Å². The summed E-state index contributed by atoms with van der Waals surface area (Å²) in [6, 6.07) is 1.77. The van der Waals surface area contributed by atoms with Crippen LogP contribution in [0.25, 0.3) is 0 Å². The Balaban J connectivity index is 2.82. The molecule has 0 spiro atoms. The summed E-state index contributed by atoms with van der Waals surface area (Å²) < 4.78 is 4.92. The van der Waals surface area contributed by atoms with Crippen molar-refractivity contribution in [1.82, 2.24) is 0 Å². The Bertz CT molecular complexity index is 239. The van der Waals surface area contributed by atoms with Crippen LogP contribution in [-0.2, 0) is 0 Å². The smallest absolute Gasteiger partial charge is 0.0960 e. The normalized spacial score (nSPS) is 18.2. The van der Waals surface area contributed by atoms with Crippen LogP contribution in [0.3, 0.4) is 0 Å². The largest absolute Gasteiger partial charge is 0.472 e. The highest BCUT2D eigenvalue weighted by molar-refractivity contribution is 5.12. The van der Waals surface area contributed by atoms with Gasteiger partial charge in [0.15, 0.2) is 0 Å². The third-order valence-corrected chi connectivity index (χ3v) is 2.79. The van der Waals surface area contributed by atoms with Gasteiger partial charge in [-0.05, 0) is 12.5 Å². The van der Waals surface area contributed by atoms with Gasteiger partial charge in [0.25, 0.3) is 0 Å². The Hall–Kier alpha value is -0.800.